The molecule has 0 saturated carbocycles. The van der Waals surface area contributed by atoms with Crippen molar-refractivity contribution in [1.82, 2.24) is 0 Å². The van der Waals surface area contributed by atoms with Gasteiger partial charge in [0, 0.05) is 0 Å². The molecule has 0 aromatic heterocycles. The second-order valence-electron chi connectivity index (χ2n) is 3.17. The van der Waals surface area contributed by atoms with Crippen molar-refractivity contribution in [1.29, 1.82) is 0 Å². The van der Waals surface area contributed by atoms with E-state index in [0.29, 0.717) is 5.56 Å². The molecule has 0 aliphatic carbocycles. The third kappa shape index (κ3) is 7.06. The van der Waals surface area contributed by atoms with Gasteiger partial charge in [0.2, 0.25) is 0 Å². The van der Waals surface area contributed by atoms with E-state index in [1.54, 1.807) is 30.3 Å². The lowest BCUT2D eigenvalue weighted by atomic mass is 10.2. The van der Waals surface area contributed by atoms with E-state index in [2.05, 4.69) is 20.8 Å². The minimum Gasteiger partial charge on any atom is -0.478 e. The van der Waals surface area contributed by atoms with Crippen LogP contribution in [0, 0.1) is 5.92 Å². The summed E-state index contributed by atoms with van der Waals surface area (Å²) in [4.78, 5) is 10.2. The van der Waals surface area contributed by atoms with E-state index in [1.165, 1.54) is 5.92 Å². The first-order valence-corrected chi connectivity index (χ1v) is 4.09. The molecule has 0 amide bonds. The summed E-state index contributed by atoms with van der Waals surface area (Å²) >= 11 is 0. The second-order valence-corrected chi connectivity index (χ2v) is 3.17. The summed E-state index contributed by atoms with van der Waals surface area (Å²) in [6.07, 6.45) is 0. The standard InChI is InChI=1S/C7H6O2.C4H9/c8-7(9)6-4-2-1-3-5-6;1-4(2)3/h1-5H,(H,8,9);1-3H3. The third-order valence-electron chi connectivity index (χ3n) is 1.02. The fraction of sp³-hybridized carbons (Fsp3) is 0.273. The van der Waals surface area contributed by atoms with E-state index in [9.17, 15) is 4.79 Å². The SMILES string of the molecule is C[C](C)C.O=C(O)c1ccccc1. The molecule has 0 spiro atoms. The van der Waals surface area contributed by atoms with Gasteiger partial charge in [0.05, 0.1) is 5.56 Å². The summed E-state index contributed by atoms with van der Waals surface area (Å²) in [5, 5.41) is 8.38. The highest BCUT2D eigenvalue weighted by Gasteiger charge is 1.96. The molecule has 0 atom stereocenters. The highest BCUT2D eigenvalue weighted by Crippen LogP contribution is 1.96. The lowest BCUT2D eigenvalue weighted by molar-refractivity contribution is 0.0697. The summed E-state index contributed by atoms with van der Waals surface area (Å²) in [7, 11) is 0. The summed E-state index contributed by atoms with van der Waals surface area (Å²) in [6.45, 7) is 6.25. The lowest BCUT2D eigenvalue weighted by Crippen LogP contribution is -1.93. The molecular weight excluding hydrogens is 164 g/mol. The first kappa shape index (κ1) is 11.7. The number of carbonyl (C=O) groups is 1. The number of carboxylic acid groups (broad SMARTS) is 1. The van der Waals surface area contributed by atoms with Crippen LogP contribution in [0.5, 0.6) is 0 Å². The van der Waals surface area contributed by atoms with Gasteiger partial charge in [-0.2, -0.15) is 0 Å². The number of hydrogen-bond acceptors (Lipinski definition) is 1. The van der Waals surface area contributed by atoms with Crippen molar-refractivity contribution < 1.29 is 9.90 Å². The highest BCUT2D eigenvalue weighted by atomic mass is 16.4. The molecule has 0 heterocycles. The molecule has 0 aliphatic rings. The molecular formula is C11H15O2. The van der Waals surface area contributed by atoms with Crippen molar-refractivity contribution in [3.8, 4) is 0 Å². The van der Waals surface area contributed by atoms with Crippen molar-refractivity contribution in [3.63, 3.8) is 0 Å². The summed E-state index contributed by atoms with van der Waals surface area (Å²) in [5.41, 5.74) is 0.331. The molecule has 1 N–H and O–H groups in total. The van der Waals surface area contributed by atoms with E-state index in [0.717, 1.165) is 0 Å². The minimum atomic E-state index is -0.879. The van der Waals surface area contributed by atoms with Gasteiger partial charge >= 0.3 is 5.97 Å². The fourth-order valence-electron chi connectivity index (χ4n) is 0.581. The molecule has 0 saturated heterocycles. The molecule has 1 aromatic carbocycles. The number of aromatic carboxylic acids is 1. The summed E-state index contributed by atoms with van der Waals surface area (Å²) in [5.74, 6) is 0.538. The molecule has 71 valence electrons. The largest absolute Gasteiger partial charge is 0.478 e. The Labute approximate surface area is 79.2 Å². The summed E-state index contributed by atoms with van der Waals surface area (Å²) < 4.78 is 0. The number of rotatable bonds is 1. The maximum absolute atomic E-state index is 10.2. The molecule has 2 nitrogen and oxygen atoms in total. The molecule has 0 unspecified atom stereocenters. The Morgan fingerprint density at radius 2 is 1.46 bits per heavy atom. The topological polar surface area (TPSA) is 37.3 Å². The Balaban J connectivity index is 0.000000310. The Kier molecular flexibility index (Phi) is 5.60. The van der Waals surface area contributed by atoms with Crippen LogP contribution >= 0.6 is 0 Å². The molecule has 2 heteroatoms. The van der Waals surface area contributed by atoms with Gasteiger partial charge < -0.3 is 5.11 Å². The molecule has 0 fully saturated rings. The van der Waals surface area contributed by atoms with Crippen LogP contribution in [0.25, 0.3) is 0 Å². The van der Waals surface area contributed by atoms with Gasteiger partial charge in [-0.3, -0.25) is 0 Å². The summed E-state index contributed by atoms with van der Waals surface area (Å²) in [6, 6.07) is 8.30. The maximum atomic E-state index is 10.2. The van der Waals surface area contributed by atoms with E-state index in [4.69, 9.17) is 5.11 Å². The maximum Gasteiger partial charge on any atom is 0.335 e. The van der Waals surface area contributed by atoms with Crippen LogP contribution in [0.15, 0.2) is 30.3 Å². The fourth-order valence-corrected chi connectivity index (χ4v) is 0.581. The quantitative estimate of drug-likeness (QED) is 0.719. The van der Waals surface area contributed by atoms with Gasteiger partial charge in [0.15, 0.2) is 0 Å². The van der Waals surface area contributed by atoms with Gasteiger partial charge in [0.1, 0.15) is 0 Å². The van der Waals surface area contributed by atoms with Gasteiger partial charge in [-0.05, 0) is 18.1 Å². The Morgan fingerprint density at radius 1 is 1.08 bits per heavy atom. The van der Waals surface area contributed by atoms with Crippen molar-refractivity contribution in [2.24, 2.45) is 0 Å². The molecule has 1 aromatic rings. The van der Waals surface area contributed by atoms with Crippen molar-refractivity contribution in [2.45, 2.75) is 20.8 Å². The first-order valence-electron chi connectivity index (χ1n) is 4.09. The van der Waals surface area contributed by atoms with Crippen LogP contribution in [-0.2, 0) is 0 Å². The van der Waals surface area contributed by atoms with Crippen LogP contribution in [-0.4, -0.2) is 11.1 Å². The second kappa shape index (κ2) is 6.23. The van der Waals surface area contributed by atoms with E-state index < -0.39 is 5.97 Å². The normalized spacial score (nSPS) is 8.92. The predicted molar refractivity (Wildman–Crippen MR) is 53.7 cm³/mol. The Hall–Kier alpha value is -1.31. The van der Waals surface area contributed by atoms with Gasteiger partial charge in [0.25, 0.3) is 0 Å². The van der Waals surface area contributed by atoms with E-state index in [-0.39, 0.29) is 0 Å². The number of hydrogen-bond donors (Lipinski definition) is 1. The minimum absolute atomic E-state index is 0.331. The zero-order chi connectivity index (χ0) is 10.3. The van der Waals surface area contributed by atoms with Crippen LogP contribution in [0.4, 0.5) is 0 Å². The van der Waals surface area contributed by atoms with Crippen molar-refractivity contribution >= 4 is 5.97 Å². The molecule has 1 rings (SSSR count). The highest BCUT2D eigenvalue weighted by molar-refractivity contribution is 5.87. The van der Waals surface area contributed by atoms with Gasteiger partial charge in [-0.1, -0.05) is 39.0 Å². The van der Waals surface area contributed by atoms with Gasteiger partial charge in [-0.15, -0.1) is 0 Å². The van der Waals surface area contributed by atoms with E-state index in [1.807, 2.05) is 0 Å². The third-order valence-corrected chi connectivity index (χ3v) is 1.02. The number of carboxylic acids is 1. The van der Waals surface area contributed by atoms with E-state index >= 15 is 0 Å². The number of benzene rings is 1. The Morgan fingerprint density at radius 3 is 1.69 bits per heavy atom. The average Bonchev–Trinajstić information content (AvgIpc) is 2.05. The average molecular weight is 179 g/mol. The van der Waals surface area contributed by atoms with Crippen molar-refractivity contribution in [3.05, 3.63) is 41.8 Å². The molecule has 0 bridgehead atoms. The zero-order valence-electron chi connectivity index (χ0n) is 8.24. The predicted octanol–water partition coefficient (Wildman–Crippen LogP) is 3.01. The van der Waals surface area contributed by atoms with Gasteiger partial charge in [-0.25, -0.2) is 4.79 Å². The van der Waals surface area contributed by atoms with Crippen molar-refractivity contribution in [2.75, 3.05) is 0 Å². The first-order chi connectivity index (χ1) is 6.04. The van der Waals surface area contributed by atoms with Crippen LogP contribution < -0.4 is 0 Å². The molecule has 1 radical (unpaired) electrons. The Bertz CT molecular complexity index is 237. The zero-order valence-corrected chi connectivity index (χ0v) is 8.24. The smallest absolute Gasteiger partial charge is 0.335 e. The van der Waals surface area contributed by atoms with Crippen LogP contribution in [0.2, 0.25) is 0 Å². The molecule has 13 heavy (non-hydrogen) atoms. The molecule has 0 aliphatic heterocycles. The van der Waals surface area contributed by atoms with Crippen LogP contribution in [0.1, 0.15) is 31.1 Å². The lowest BCUT2D eigenvalue weighted by Gasteiger charge is -1.88. The van der Waals surface area contributed by atoms with Crippen LogP contribution in [0.3, 0.4) is 0 Å². The monoisotopic (exact) mass is 179 g/mol.